The van der Waals surface area contributed by atoms with Gasteiger partial charge >= 0.3 is 0 Å². The van der Waals surface area contributed by atoms with E-state index >= 15 is 0 Å². The van der Waals surface area contributed by atoms with Crippen molar-refractivity contribution in [2.75, 3.05) is 0 Å². The SMILES string of the molecule is C[C@H](O)c1ccc(Sc2ccncn2)cc1Br. The molecular weight excluding hydrogens is 300 g/mol. The van der Waals surface area contributed by atoms with Crippen molar-refractivity contribution in [1.82, 2.24) is 9.97 Å². The summed E-state index contributed by atoms with van der Waals surface area (Å²) in [6, 6.07) is 7.73. The van der Waals surface area contributed by atoms with Crippen LogP contribution in [0.4, 0.5) is 0 Å². The molecule has 1 heterocycles. The van der Waals surface area contributed by atoms with Crippen LogP contribution in [0, 0.1) is 0 Å². The van der Waals surface area contributed by atoms with Gasteiger partial charge in [-0.15, -0.1) is 0 Å². The highest BCUT2D eigenvalue weighted by Crippen LogP contribution is 2.31. The topological polar surface area (TPSA) is 46.0 Å². The van der Waals surface area contributed by atoms with Crippen molar-refractivity contribution in [2.24, 2.45) is 0 Å². The van der Waals surface area contributed by atoms with Gasteiger partial charge in [0.1, 0.15) is 11.4 Å². The first-order valence-corrected chi connectivity index (χ1v) is 6.69. The largest absolute Gasteiger partial charge is 0.389 e. The van der Waals surface area contributed by atoms with Gasteiger partial charge in [0.05, 0.1) is 6.10 Å². The van der Waals surface area contributed by atoms with E-state index in [1.165, 1.54) is 6.33 Å². The lowest BCUT2D eigenvalue weighted by Gasteiger charge is -2.09. The summed E-state index contributed by atoms with van der Waals surface area (Å²) in [7, 11) is 0. The smallest absolute Gasteiger partial charge is 0.116 e. The molecule has 88 valence electrons. The second-order valence-corrected chi connectivity index (χ2v) is 5.46. The summed E-state index contributed by atoms with van der Waals surface area (Å²) in [6.45, 7) is 1.75. The van der Waals surface area contributed by atoms with Crippen molar-refractivity contribution in [3.63, 3.8) is 0 Å². The van der Waals surface area contributed by atoms with Crippen LogP contribution < -0.4 is 0 Å². The van der Waals surface area contributed by atoms with Gasteiger partial charge in [-0.1, -0.05) is 33.8 Å². The Balaban J connectivity index is 2.21. The Bertz CT molecular complexity index is 505. The van der Waals surface area contributed by atoms with E-state index in [-0.39, 0.29) is 0 Å². The van der Waals surface area contributed by atoms with E-state index in [4.69, 9.17) is 0 Å². The molecule has 0 aliphatic heterocycles. The van der Waals surface area contributed by atoms with E-state index in [1.54, 1.807) is 24.9 Å². The zero-order chi connectivity index (χ0) is 12.3. The fraction of sp³-hybridized carbons (Fsp3) is 0.167. The highest BCUT2D eigenvalue weighted by Gasteiger charge is 2.07. The van der Waals surface area contributed by atoms with Gasteiger partial charge in [0.2, 0.25) is 0 Å². The van der Waals surface area contributed by atoms with Gasteiger partial charge < -0.3 is 5.11 Å². The van der Waals surface area contributed by atoms with Crippen molar-refractivity contribution in [3.05, 3.63) is 46.8 Å². The molecule has 1 N–H and O–H groups in total. The molecule has 0 saturated carbocycles. The van der Waals surface area contributed by atoms with Crippen LogP contribution in [0.2, 0.25) is 0 Å². The molecule has 1 aromatic heterocycles. The average Bonchev–Trinajstić information content (AvgIpc) is 2.30. The van der Waals surface area contributed by atoms with Crippen LogP contribution in [-0.4, -0.2) is 15.1 Å². The maximum atomic E-state index is 9.53. The van der Waals surface area contributed by atoms with Crippen LogP contribution in [0.25, 0.3) is 0 Å². The molecule has 1 atom stereocenters. The number of benzene rings is 1. The Hall–Kier alpha value is -0.910. The summed E-state index contributed by atoms with van der Waals surface area (Å²) in [5.41, 5.74) is 0.886. The molecule has 2 rings (SSSR count). The fourth-order valence-corrected chi connectivity index (χ4v) is 3.01. The highest BCUT2D eigenvalue weighted by atomic mass is 79.9. The Kier molecular flexibility index (Phi) is 4.15. The number of aromatic nitrogens is 2. The first-order chi connectivity index (χ1) is 8.16. The van der Waals surface area contributed by atoms with Crippen LogP contribution in [0.3, 0.4) is 0 Å². The monoisotopic (exact) mass is 310 g/mol. The standard InChI is InChI=1S/C12H11BrN2OS/c1-8(16)10-3-2-9(6-11(10)13)17-12-4-5-14-7-15-12/h2-8,16H,1H3/t8-/m0/s1. The van der Waals surface area contributed by atoms with Gasteiger partial charge in [0.15, 0.2) is 0 Å². The summed E-state index contributed by atoms with van der Waals surface area (Å²) in [6.07, 6.45) is 2.78. The average molecular weight is 311 g/mol. The van der Waals surface area contributed by atoms with Crippen molar-refractivity contribution < 1.29 is 5.11 Å². The third-order valence-electron chi connectivity index (χ3n) is 2.20. The second-order valence-electron chi connectivity index (χ2n) is 3.51. The van der Waals surface area contributed by atoms with Crippen LogP contribution in [0.1, 0.15) is 18.6 Å². The van der Waals surface area contributed by atoms with E-state index in [2.05, 4.69) is 25.9 Å². The van der Waals surface area contributed by atoms with Gasteiger partial charge in [-0.25, -0.2) is 9.97 Å². The number of halogens is 1. The maximum absolute atomic E-state index is 9.53. The summed E-state index contributed by atoms with van der Waals surface area (Å²) in [4.78, 5) is 9.09. The van der Waals surface area contributed by atoms with Crippen LogP contribution in [0.5, 0.6) is 0 Å². The third kappa shape index (κ3) is 3.28. The molecule has 0 saturated heterocycles. The molecule has 0 unspecified atom stereocenters. The summed E-state index contributed by atoms with van der Waals surface area (Å²) < 4.78 is 0.909. The zero-order valence-electron chi connectivity index (χ0n) is 9.17. The number of hydrogen-bond donors (Lipinski definition) is 1. The van der Waals surface area contributed by atoms with Gasteiger partial charge in [-0.3, -0.25) is 0 Å². The molecule has 1 aromatic carbocycles. The Morgan fingerprint density at radius 2 is 2.18 bits per heavy atom. The molecule has 0 bridgehead atoms. The zero-order valence-corrected chi connectivity index (χ0v) is 11.6. The Morgan fingerprint density at radius 1 is 1.35 bits per heavy atom. The molecule has 0 amide bonds. The summed E-state index contributed by atoms with van der Waals surface area (Å²) in [5, 5.41) is 10.4. The van der Waals surface area contributed by atoms with Crippen molar-refractivity contribution in [2.45, 2.75) is 22.9 Å². The number of aliphatic hydroxyl groups is 1. The number of rotatable bonds is 3. The third-order valence-corrected chi connectivity index (χ3v) is 3.83. The molecule has 0 aliphatic rings. The fourth-order valence-electron chi connectivity index (χ4n) is 1.37. The molecule has 0 fully saturated rings. The van der Waals surface area contributed by atoms with Gasteiger partial charge in [0.25, 0.3) is 0 Å². The van der Waals surface area contributed by atoms with E-state index < -0.39 is 6.10 Å². The number of nitrogens with zero attached hydrogens (tertiary/aromatic N) is 2. The van der Waals surface area contributed by atoms with E-state index in [1.807, 2.05) is 24.3 Å². The predicted octanol–water partition coefficient (Wildman–Crippen LogP) is 3.44. The van der Waals surface area contributed by atoms with Crippen molar-refractivity contribution in [1.29, 1.82) is 0 Å². The Labute approximate surface area is 112 Å². The van der Waals surface area contributed by atoms with Gasteiger partial charge in [0, 0.05) is 15.6 Å². The Morgan fingerprint density at radius 3 is 2.76 bits per heavy atom. The molecule has 17 heavy (non-hydrogen) atoms. The second kappa shape index (κ2) is 5.62. The molecule has 2 aromatic rings. The van der Waals surface area contributed by atoms with Crippen molar-refractivity contribution in [3.8, 4) is 0 Å². The first kappa shape index (κ1) is 12.5. The maximum Gasteiger partial charge on any atom is 0.116 e. The first-order valence-electron chi connectivity index (χ1n) is 5.08. The highest BCUT2D eigenvalue weighted by molar-refractivity contribution is 9.10. The lowest BCUT2D eigenvalue weighted by atomic mass is 10.1. The molecule has 0 aliphatic carbocycles. The minimum atomic E-state index is -0.470. The van der Waals surface area contributed by atoms with E-state index in [0.717, 1.165) is 20.0 Å². The molecular formula is C12H11BrN2OS. The lowest BCUT2D eigenvalue weighted by molar-refractivity contribution is 0.198. The predicted molar refractivity (Wildman–Crippen MR) is 70.9 cm³/mol. The summed E-state index contributed by atoms with van der Waals surface area (Å²) >= 11 is 5.01. The van der Waals surface area contributed by atoms with Crippen LogP contribution >= 0.6 is 27.7 Å². The lowest BCUT2D eigenvalue weighted by Crippen LogP contribution is -1.92. The molecule has 0 spiro atoms. The van der Waals surface area contributed by atoms with Gasteiger partial charge in [-0.2, -0.15) is 0 Å². The minimum absolute atomic E-state index is 0.470. The van der Waals surface area contributed by atoms with Gasteiger partial charge in [-0.05, 0) is 30.7 Å². The van der Waals surface area contributed by atoms with E-state index in [0.29, 0.717) is 0 Å². The number of hydrogen-bond acceptors (Lipinski definition) is 4. The van der Waals surface area contributed by atoms with Crippen LogP contribution in [-0.2, 0) is 0 Å². The minimum Gasteiger partial charge on any atom is -0.389 e. The van der Waals surface area contributed by atoms with Crippen molar-refractivity contribution >= 4 is 27.7 Å². The molecule has 5 heteroatoms. The quantitative estimate of drug-likeness (QED) is 0.882. The number of aliphatic hydroxyl groups excluding tert-OH is 1. The summed E-state index contributed by atoms with van der Waals surface area (Å²) in [5.74, 6) is 0. The molecule has 0 radical (unpaired) electrons. The van der Waals surface area contributed by atoms with E-state index in [9.17, 15) is 5.11 Å². The molecule has 3 nitrogen and oxygen atoms in total. The normalized spacial score (nSPS) is 12.4. The van der Waals surface area contributed by atoms with Crippen LogP contribution in [0.15, 0.2) is 51.2 Å².